The molecule has 0 bridgehead atoms. The van der Waals surface area contributed by atoms with Gasteiger partial charge in [-0.1, -0.05) is 24.3 Å². The number of rotatable bonds is 1. The molecular weight excluding hydrogens is 246 g/mol. The summed E-state index contributed by atoms with van der Waals surface area (Å²) in [6, 6.07) is 16.1. The lowest BCUT2D eigenvalue weighted by atomic mass is 9.91. The van der Waals surface area contributed by atoms with Crippen LogP contribution < -0.4 is 4.90 Å². The lowest BCUT2D eigenvalue weighted by Gasteiger charge is -2.43. The first-order valence-electron chi connectivity index (χ1n) is 7.04. The Labute approximate surface area is 120 Å². The minimum atomic E-state index is -0.0724. The number of hydrogen-bond donors (Lipinski definition) is 1. The first-order valence-corrected chi connectivity index (χ1v) is 7.04. The Kier molecular flexibility index (Phi) is 2.62. The van der Waals surface area contributed by atoms with E-state index in [1.807, 2.05) is 12.1 Å². The zero-order valence-corrected chi connectivity index (χ0v) is 12.5. The molecule has 0 saturated carbocycles. The van der Waals surface area contributed by atoms with E-state index in [0.717, 1.165) is 5.69 Å². The van der Waals surface area contributed by atoms with Crippen LogP contribution in [0, 0.1) is 0 Å². The molecular formula is C18H21NO. The van der Waals surface area contributed by atoms with E-state index >= 15 is 0 Å². The first-order chi connectivity index (χ1) is 9.35. The van der Waals surface area contributed by atoms with E-state index in [-0.39, 0.29) is 11.1 Å². The van der Waals surface area contributed by atoms with Crippen LogP contribution in [0.25, 0.3) is 0 Å². The van der Waals surface area contributed by atoms with Crippen LogP contribution in [0.2, 0.25) is 0 Å². The number of anilines is 1. The summed E-state index contributed by atoms with van der Waals surface area (Å²) in [5, 5.41) is 9.51. The molecule has 0 unspecified atom stereocenters. The van der Waals surface area contributed by atoms with Gasteiger partial charge in [-0.15, -0.1) is 0 Å². The number of aromatic hydroxyl groups is 1. The summed E-state index contributed by atoms with van der Waals surface area (Å²) in [6.07, 6.45) is 0. The minimum absolute atomic E-state index is 0.0724. The average Bonchev–Trinajstić information content (AvgIpc) is 2.56. The number of phenolic OH excluding ortho intramolecular Hbond substituents is 1. The molecule has 1 heterocycles. The van der Waals surface area contributed by atoms with Crippen molar-refractivity contribution in [3.05, 3.63) is 59.7 Å². The molecule has 2 nitrogen and oxygen atoms in total. The highest BCUT2D eigenvalue weighted by atomic mass is 16.3. The monoisotopic (exact) mass is 267 g/mol. The van der Waals surface area contributed by atoms with Crippen LogP contribution in [0.3, 0.4) is 0 Å². The van der Waals surface area contributed by atoms with Gasteiger partial charge >= 0.3 is 0 Å². The van der Waals surface area contributed by atoms with Crippen molar-refractivity contribution in [2.75, 3.05) is 4.90 Å². The van der Waals surface area contributed by atoms with Crippen molar-refractivity contribution in [1.82, 2.24) is 0 Å². The van der Waals surface area contributed by atoms with Crippen molar-refractivity contribution < 1.29 is 5.11 Å². The molecule has 1 aliphatic heterocycles. The highest BCUT2D eigenvalue weighted by Crippen LogP contribution is 2.51. The lowest BCUT2D eigenvalue weighted by Crippen LogP contribution is -2.45. The van der Waals surface area contributed by atoms with Crippen LogP contribution in [0.15, 0.2) is 48.5 Å². The van der Waals surface area contributed by atoms with Crippen LogP contribution in [0.5, 0.6) is 5.75 Å². The Morgan fingerprint density at radius 1 is 0.750 bits per heavy atom. The smallest absolute Gasteiger partial charge is 0.115 e. The number of benzene rings is 2. The van der Waals surface area contributed by atoms with Gasteiger partial charge in [-0.2, -0.15) is 0 Å². The maximum Gasteiger partial charge on any atom is 0.115 e. The highest BCUT2D eigenvalue weighted by Gasteiger charge is 2.48. The van der Waals surface area contributed by atoms with Crippen molar-refractivity contribution in [1.29, 1.82) is 0 Å². The second kappa shape index (κ2) is 4.02. The van der Waals surface area contributed by atoms with Gasteiger partial charge < -0.3 is 10.0 Å². The second-order valence-corrected chi connectivity index (χ2v) is 6.52. The summed E-state index contributed by atoms with van der Waals surface area (Å²) < 4.78 is 0. The van der Waals surface area contributed by atoms with E-state index in [9.17, 15) is 5.11 Å². The summed E-state index contributed by atoms with van der Waals surface area (Å²) in [4.78, 5) is 2.43. The molecule has 0 spiro atoms. The molecule has 2 aromatic rings. The van der Waals surface area contributed by atoms with Gasteiger partial charge in [0, 0.05) is 5.69 Å². The molecule has 0 atom stereocenters. The van der Waals surface area contributed by atoms with Gasteiger partial charge in [-0.05, 0) is 63.1 Å². The van der Waals surface area contributed by atoms with Crippen molar-refractivity contribution >= 4 is 5.69 Å². The normalized spacial score (nSPS) is 18.9. The maximum absolute atomic E-state index is 9.51. The third kappa shape index (κ3) is 1.64. The standard InChI is InChI=1S/C18H21NO/c1-17(2)15-7-5-6-8-16(15)18(3,4)19(17)13-9-11-14(20)12-10-13/h5-12,20H,1-4H3. The molecule has 0 fully saturated rings. The average molecular weight is 267 g/mol. The fourth-order valence-electron chi connectivity index (χ4n) is 3.74. The second-order valence-electron chi connectivity index (χ2n) is 6.52. The molecule has 2 aromatic carbocycles. The third-order valence-corrected chi connectivity index (χ3v) is 4.47. The van der Waals surface area contributed by atoms with Crippen LogP contribution >= 0.6 is 0 Å². The zero-order valence-electron chi connectivity index (χ0n) is 12.5. The van der Waals surface area contributed by atoms with Crippen molar-refractivity contribution in [3.63, 3.8) is 0 Å². The Balaban J connectivity index is 2.20. The molecule has 1 N–H and O–H groups in total. The van der Waals surface area contributed by atoms with Crippen molar-refractivity contribution in [2.45, 2.75) is 38.8 Å². The summed E-state index contributed by atoms with van der Waals surface area (Å²) in [6.45, 7) is 9.03. The topological polar surface area (TPSA) is 23.5 Å². The fourth-order valence-corrected chi connectivity index (χ4v) is 3.74. The van der Waals surface area contributed by atoms with Gasteiger partial charge in [0.25, 0.3) is 0 Å². The van der Waals surface area contributed by atoms with Gasteiger partial charge in [-0.3, -0.25) is 0 Å². The Morgan fingerprint density at radius 3 is 1.65 bits per heavy atom. The summed E-state index contributed by atoms with van der Waals surface area (Å²) in [5.74, 6) is 0.307. The molecule has 1 aliphatic rings. The van der Waals surface area contributed by atoms with E-state index in [2.05, 4.69) is 56.9 Å². The van der Waals surface area contributed by atoms with E-state index in [0.29, 0.717) is 5.75 Å². The Bertz CT molecular complexity index is 606. The molecule has 2 heteroatoms. The van der Waals surface area contributed by atoms with Gasteiger partial charge in [0.1, 0.15) is 5.75 Å². The summed E-state index contributed by atoms with van der Waals surface area (Å²) in [5.41, 5.74) is 3.74. The molecule has 0 radical (unpaired) electrons. The molecule has 104 valence electrons. The number of hydrogen-bond acceptors (Lipinski definition) is 2. The van der Waals surface area contributed by atoms with Gasteiger partial charge in [0.15, 0.2) is 0 Å². The largest absolute Gasteiger partial charge is 0.508 e. The van der Waals surface area contributed by atoms with Gasteiger partial charge in [-0.25, -0.2) is 0 Å². The lowest BCUT2D eigenvalue weighted by molar-refractivity contribution is 0.402. The van der Waals surface area contributed by atoms with Crippen LogP contribution in [-0.2, 0) is 11.1 Å². The maximum atomic E-state index is 9.51. The quantitative estimate of drug-likeness (QED) is 0.828. The van der Waals surface area contributed by atoms with Crippen molar-refractivity contribution in [3.8, 4) is 5.75 Å². The minimum Gasteiger partial charge on any atom is -0.508 e. The molecule has 0 amide bonds. The number of fused-ring (bicyclic) bond motifs is 1. The molecule has 0 aliphatic carbocycles. The summed E-state index contributed by atoms with van der Waals surface area (Å²) >= 11 is 0. The molecule has 0 aromatic heterocycles. The Morgan fingerprint density at radius 2 is 1.20 bits per heavy atom. The van der Waals surface area contributed by atoms with Crippen LogP contribution in [0.4, 0.5) is 5.69 Å². The predicted octanol–water partition coefficient (Wildman–Crippen LogP) is 4.38. The fraction of sp³-hybridized carbons (Fsp3) is 0.333. The SMILES string of the molecule is CC1(C)c2ccccc2C(C)(C)N1c1ccc(O)cc1. The molecule has 3 rings (SSSR count). The number of phenols is 1. The van der Waals surface area contributed by atoms with Crippen LogP contribution in [0.1, 0.15) is 38.8 Å². The van der Waals surface area contributed by atoms with E-state index in [1.165, 1.54) is 11.1 Å². The predicted molar refractivity (Wildman–Crippen MR) is 83.1 cm³/mol. The molecule has 0 saturated heterocycles. The van der Waals surface area contributed by atoms with Crippen molar-refractivity contribution in [2.24, 2.45) is 0 Å². The summed E-state index contributed by atoms with van der Waals surface area (Å²) in [7, 11) is 0. The first kappa shape index (κ1) is 13.0. The van der Waals surface area contributed by atoms with Gasteiger partial charge in [0.05, 0.1) is 11.1 Å². The Hall–Kier alpha value is -1.96. The van der Waals surface area contributed by atoms with E-state index in [1.54, 1.807) is 12.1 Å². The molecule has 20 heavy (non-hydrogen) atoms. The zero-order chi connectivity index (χ0) is 14.5. The van der Waals surface area contributed by atoms with Gasteiger partial charge in [0.2, 0.25) is 0 Å². The number of nitrogens with zero attached hydrogens (tertiary/aromatic N) is 1. The highest BCUT2D eigenvalue weighted by molar-refractivity contribution is 5.62. The van der Waals surface area contributed by atoms with Crippen LogP contribution in [-0.4, -0.2) is 5.11 Å². The third-order valence-electron chi connectivity index (χ3n) is 4.47. The van der Waals surface area contributed by atoms with E-state index < -0.39 is 0 Å². The van der Waals surface area contributed by atoms with E-state index in [4.69, 9.17) is 0 Å².